The van der Waals surface area contributed by atoms with E-state index in [-0.39, 0.29) is 23.4 Å². The summed E-state index contributed by atoms with van der Waals surface area (Å²) in [6, 6.07) is 4.59. The van der Waals surface area contributed by atoms with Crippen LogP contribution in [0.2, 0.25) is 0 Å². The molecule has 1 saturated carbocycles. The Balaban J connectivity index is 2.23. The maximum Gasteiger partial charge on any atom is 0.243 e. The van der Waals surface area contributed by atoms with Crippen molar-refractivity contribution in [1.29, 1.82) is 0 Å². The molecule has 0 radical (unpaired) electrons. The van der Waals surface area contributed by atoms with E-state index < -0.39 is 15.8 Å². The van der Waals surface area contributed by atoms with Gasteiger partial charge in [-0.25, -0.2) is 12.8 Å². The molecule has 0 heterocycles. The molecule has 1 aromatic rings. The fourth-order valence-electron chi connectivity index (χ4n) is 3.04. The van der Waals surface area contributed by atoms with Crippen LogP contribution in [0.25, 0.3) is 0 Å². The van der Waals surface area contributed by atoms with Crippen molar-refractivity contribution in [3.05, 3.63) is 30.1 Å². The SMILES string of the molecule is CC(C)CNC(=O)CN(C1CCCCC1)S(=O)(=O)c1ccc(F)cc1. The zero-order valence-electron chi connectivity index (χ0n) is 14.9. The maximum atomic E-state index is 13.1. The number of nitrogens with one attached hydrogen (secondary N) is 1. The van der Waals surface area contributed by atoms with Crippen molar-refractivity contribution in [3.8, 4) is 0 Å². The Hall–Kier alpha value is -1.47. The van der Waals surface area contributed by atoms with Crippen molar-refractivity contribution in [2.45, 2.75) is 56.9 Å². The van der Waals surface area contributed by atoms with E-state index in [9.17, 15) is 17.6 Å². The zero-order valence-corrected chi connectivity index (χ0v) is 15.7. The van der Waals surface area contributed by atoms with Crippen molar-refractivity contribution in [2.24, 2.45) is 5.92 Å². The number of rotatable bonds is 7. The molecule has 0 aliphatic heterocycles. The van der Waals surface area contributed by atoms with Gasteiger partial charge in [0.05, 0.1) is 11.4 Å². The minimum absolute atomic E-state index is 0.0242. The van der Waals surface area contributed by atoms with E-state index in [4.69, 9.17) is 0 Å². The molecule has 2 rings (SSSR count). The van der Waals surface area contributed by atoms with Crippen LogP contribution in [0.15, 0.2) is 29.2 Å². The minimum Gasteiger partial charge on any atom is -0.355 e. The lowest BCUT2D eigenvalue weighted by atomic mass is 9.95. The molecule has 1 fully saturated rings. The number of hydrogen-bond donors (Lipinski definition) is 1. The maximum absolute atomic E-state index is 13.1. The first-order valence-electron chi connectivity index (χ1n) is 8.85. The second-order valence-corrected chi connectivity index (χ2v) is 8.88. The Bertz CT molecular complexity index is 668. The molecular formula is C18H27FN2O3S. The Morgan fingerprint density at radius 1 is 1.20 bits per heavy atom. The third-order valence-corrected chi connectivity index (χ3v) is 6.32. The van der Waals surface area contributed by atoms with E-state index in [2.05, 4.69) is 5.32 Å². The first-order valence-corrected chi connectivity index (χ1v) is 10.3. The average molecular weight is 370 g/mol. The summed E-state index contributed by atoms with van der Waals surface area (Å²) in [6.07, 6.45) is 4.48. The summed E-state index contributed by atoms with van der Waals surface area (Å²) >= 11 is 0. The molecule has 0 bridgehead atoms. The van der Waals surface area contributed by atoms with E-state index in [1.807, 2.05) is 13.8 Å². The van der Waals surface area contributed by atoms with Crippen LogP contribution < -0.4 is 5.32 Å². The normalized spacial score (nSPS) is 16.4. The summed E-state index contributed by atoms with van der Waals surface area (Å²) in [7, 11) is -3.85. The van der Waals surface area contributed by atoms with Crippen LogP contribution in [0.1, 0.15) is 46.0 Å². The van der Waals surface area contributed by atoms with Gasteiger partial charge in [0.25, 0.3) is 0 Å². The molecule has 0 aromatic heterocycles. The lowest BCUT2D eigenvalue weighted by Crippen LogP contribution is -2.47. The highest BCUT2D eigenvalue weighted by Crippen LogP contribution is 2.27. The molecule has 5 nitrogen and oxygen atoms in total. The van der Waals surface area contributed by atoms with Crippen LogP contribution in [0.4, 0.5) is 4.39 Å². The number of sulfonamides is 1. The summed E-state index contributed by atoms with van der Waals surface area (Å²) in [6.45, 7) is 4.27. The predicted molar refractivity (Wildman–Crippen MR) is 95.0 cm³/mol. The van der Waals surface area contributed by atoms with E-state index in [1.165, 1.54) is 16.4 Å². The fourth-order valence-corrected chi connectivity index (χ4v) is 4.68. The molecule has 1 aliphatic rings. The Kier molecular flexibility index (Phi) is 6.95. The highest BCUT2D eigenvalue weighted by molar-refractivity contribution is 7.89. The third-order valence-electron chi connectivity index (χ3n) is 4.41. The van der Waals surface area contributed by atoms with Crippen LogP contribution in [-0.2, 0) is 14.8 Å². The first kappa shape index (κ1) is 19.8. The fraction of sp³-hybridized carbons (Fsp3) is 0.611. The van der Waals surface area contributed by atoms with Crippen LogP contribution in [0.5, 0.6) is 0 Å². The molecule has 0 spiro atoms. The molecule has 140 valence electrons. The topological polar surface area (TPSA) is 66.5 Å². The van der Waals surface area contributed by atoms with Gasteiger partial charge in [0.2, 0.25) is 15.9 Å². The Morgan fingerprint density at radius 3 is 2.36 bits per heavy atom. The largest absolute Gasteiger partial charge is 0.355 e. The molecule has 25 heavy (non-hydrogen) atoms. The van der Waals surface area contributed by atoms with Crippen LogP contribution in [0, 0.1) is 11.7 Å². The van der Waals surface area contributed by atoms with Crippen molar-refractivity contribution in [1.82, 2.24) is 9.62 Å². The first-order chi connectivity index (χ1) is 11.8. The lowest BCUT2D eigenvalue weighted by Gasteiger charge is -2.33. The number of amides is 1. The summed E-state index contributed by atoms with van der Waals surface area (Å²) in [5.74, 6) is -0.497. The molecule has 1 aliphatic carbocycles. The van der Waals surface area contributed by atoms with Crippen molar-refractivity contribution >= 4 is 15.9 Å². The van der Waals surface area contributed by atoms with Crippen molar-refractivity contribution in [3.63, 3.8) is 0 Å². The van der Waals surface area contributed by atoms with E-state index in [0.717, 1.165) is 44.2 Å². The highest BCUT2D eigenvalue weighted by Gasteiger charge is 2.33. The van der Waals surface area contributed by atoms with Gasteiger partial charge in [-0.1, -0.05) is 33.1 Å². The standard InChI is InChI=1S/C18H27FN2O3S/c1-14(2)12-20-18(22)13-21(16-6-4-3-5-7-16)25(23,24)17-10-8-15(19)9-11-17/h8-11,14,16H,3-7,12-13H2,1-2H3,(H,20,22). The summed E-state index contributed by atoms with van der Waals surface area (Å²) in [5, 5.41) is 2.78. The van der Waals surface area contributed by atoms with Gasteiger partial charge in [-0.05, 0) is 43.0 Å². The van der Waals surface area contributed by atoms with Gasteiger partial charge in [-0.3, -0.25) is 4.79 Å². The van der Waals surface area contributed by atoms with E-state index in [0.29, 0.717) is 12.5 Å². The molecule has 0 saturated heterocycles. The Morgan fingerprint density at radius 2 is 1.80 bits per heavy atom. The van der Waals surface area contributed by atoms with Crippen molar-refractivity contribution < 1.29 is 17.6 Å². The lowest BCUT2D eigenvalue weighted by molar-refractivity contribution is -0.121. The van der Waals surface area contributed by atoms with Crippen LogP contribution in [-0.4, -0.2) is 37.8 Å². The molecule has 0 unspecified atom stereocenters. The number of carbonyl (C=O) groups excluding carboxylic acids is 1. The Labute approximate surface area is 149 Å². The molecule has 1 aromatic carbocycles. The highest BCUT2D eigenvalue weighted by atomic mass is 32.2. The van der Waals surface area contributed by atoms with E-state index in [1.54, 1.807) is 0 Å². The number of carbonyl (C=O) groups is 1. The monoisotopic (exact) mass is 370 g/mol. The van der Waals surface area contributed by atoms with Crippen molar-refractivity contribution in [2.75, 3.05) is 13.1 Å². The van der Waals surface area contributed by atoms with Gasteiger partial charge in [0, 0.05) is 12.6 Å². The molecule has 7 heteroatoms. The molecule has 1 N–H and O–H groups in total. The van der Waals surface area contributed by atoms with Gasteiger partial charge in [-0.2, -0.15) is 4.31 Å². The summed E-state index contributed by atoms with van der Waals surface area (Å²) < 4.78 is 40.5. The van der Waals surface area contributed by atoms with Crippen LogP contribution in [0.3, 0.4) is 0 Å². The molecule has 0 atom stereocenters. The van der Waals surface area contributed by atoms with E-state index >= 15 is 0 Å². The second-order valence-electron chi connectivity index (χ2n) is 6.99. The smallest absolute Gasteiger partial charge is 0.243 e. The molecular weight excluding hydrogens is 343 g/mol. The number of hydrogen-bond acceptors (Lipinski definition) is 3. The minimum atomic E-state index is -3.85. The number of nitrogens with zero attached hydrogens (tertiary/aromatic N) is 1. The predicted octanol–water partition coefficient (Wildman–Crippen LogP) is 2.92. The summed E-state index contributed by atoms with van der Waals surface area (Å²) in [5.41, 5.74) is 0. The van der Waals surface area contributed by atoms with Gasteiger partial charge in [0.1, 0.15) is 5.82 Å². The summed E-state index contributed by atoms with van der Waals surface area (Å²) in [4.78, 5) is 12.3. The van der Waals surface area contributed by atoms with Gasteiger partial charge in [0.15, 0.2) is 0 Å². The van der Waals surface area contributed by atoms with Gasteiger partial charge in [-0.15, -0.1) is 0 Å². The number of halogens is 1. The average Bonchev–Trinajstić information content (AvgIpc) is 2.59. The van der Waals surface area contributed by atoms with Gasteiger partial charge >= 0.3 is 0 Å². The third kappa shape index (κ3) is 5.51. The molecule has 1 amide bonds. The van der Waals surface area contributed by atoms with Gasteiger partial charge < -0.3 is 5.32 Å². The van der Waals surface area contributed by atoms with Crippen LogP contribution >= 0.6 is 0 Å². The quantitative estimate of drug-likeness (QED) is 0.802. The number of benzene rings is 1. The second kappa shape index (κ2) is 8.76. The zero-order chi connectivity index (χ0) is 18.4.